The molecule has 3 aromatic rings. The van der Waals surface area contributed by atoms with Gasteiger partial charge in [-0.25, -0.2) is 4.98 Å². The third kappa shape index (κ3) is 4.35. The van der Waals surface area contributed by atoms with Crippen LogP contribution in [-0.2, 0) is 4.79 Å². The van der Waals surface area contributed by atoms with Crippen molar-refractivity contribution in [3.8, 4) is 17.0 Å². The lowest BCUT2D eigenvalue weighted by Crippen LogP contribution is -2.34. The zero-order chi connectivity index (χ0) is 19.4. The zero-order valence-electron chi connectivity index (χ0n) is 15.2. The number of furan rings is 1. The fourth-order valence-corrected chi connectivity index (χ4v) is 3.35. The molecule has 3 rings (SSSR count). The average Bonchev–Trinajstić information content (AvgIpc) is 3.31. The van der Waals surface area contributed by atoms with Crippen molar-refractivity contribution in [1.29, 1.82) is 0 Å². The Bertz CT molecular complexity index is 933. The van der Waals surface area contributed by atoms with Gasteiger partial charge in [0.05, 0.1) is 19.1 Å². The van der Waals surface area contributed by atoms with E-state index in [1.807, 2.05) is 31.2 Å². The number of thiazole rings is 1. The highest BCUT2D eigenvalue weighted by Crippen LogP contribution is 2.31. The number of benzene rings is 1. The average molecular weight is 385 g/mol. The molecule has 1 N–H and O–H groups in total. The first-order chi connectivity index (χ1) is 13.0. The molecule has 0 spiro atoms. The summed E-state index contributed by atoms with van der Waals surface area (Å²) in [5.74, 6) is 0.276. The van der Waals surface area contributed by atoms with Gasteiger partial charge >= 0.3 is 0 Å². The number of nitrogens with zero attached hydrogens (tertiary/aromatic N) is 2. The molecule has 2 amide bonds. The van der Waals surface area contributed by atoms with E-state index < -0.39 is 0 Å². The van der Waals surface area contributed by atoms with Crippen LogP contribution in [0.5, 0.6) is 5.75 Å². The second-order valence-electron chi connectivity index (χ2n) is 5.84. The third-order valence-electron chi connectivity index (χ3n) is 3.87. The summed E-state index contributed by atoms with van der Waals surface area (Å²) in [7, 11) is 3.16. The SMILES string of the molecule is COc1ccc(-c2nc(NC(=O)CN(C)C(=O)c3ccco3)sc2C)cc1. The highest BCUT2D eigenvalue weighted by molar-refractivity contribution is 7.16. The highest BCUT2D eigenvalue weighted by atomic mass is 32.1. The number of aryl methyl sites for hydroxylation is 1. The fourth-order valence-electron chi connectivity index (χ4n) is 2.50. The molecule has 0 saturated carbocycles. The van der Waals surface area contributed by atoms with Gasteiger partial charge < -0.3 is 19.4 Å². The number of likely N-dealkylation sites (N-methyl/N-ethyl adjacent to an activating group) is 1. The molecular formula is C19H19N3O4S. The van der Waals surface area contributed by atoms with Crippen LogP contribution in [0.2, 0.25) is 0 Å². The van der Waals surface area contributed by atoms with Crippen molar-refractivity contribution in [2.45, 2.75) is 6.92 Å². The van der Waals surface area contributed by atoms with E-state index in [0.717, 1.165) is 21.9 Å². The van der Waals surface area contributed by atoms with Gasteiger partial charge in [0, 0.05) is 17.5 Å². The summed E-state index contributed by atoms with van der Waals surface area (Å²) in [5.41, 5.74) is 1.74. The minimum Gasteiger partial charge on any atom is -0.497 e. The predicted molar refractivity (Wildman–Crippen MR) is 103 cm³/mol. The van der Waals surface area contributed by atoms with Gasteiger partial charge in [0.2, 0.25) is 5.91 Å². The molecule has 0 fully saturated rings. The number of carbonyl (C=O) groups excluding carboxylic acids is 2. The van der Waals surface area contributed by atoms with Gasteiger partial charge in [-0.05, 0) is 43.3 Å². The number of ether oxygens (including phenoxy) is 1. The van der Waals surface area contributed by atoms with Gasteiger partial charge in [0.1, 0.15) is 12.3 Å². The van der Waals surface area contributed by atoms with Crippen molar-refractivity contribution in [1.82, 2.24) is 9.88 Å². The van der Waals surface area contributed by atoms with Crippen LogP contribution in [0.15, 0.2) is 47.1 Å². The van der Waals surface area contributed by atoms with Gasteiger partial charge in [-0.2, -0.15) is 0 Å². The number of rotatable bonds is 6. The molecule has 0 atom stereocenters. The van der Waals surface area contributed by atoms with Crippen molar-refractivity contribution in [3.63, 3.8) is 0 Å². The van der Waals surface area contributed by atoms with Crippen molar-refractivity contribution < 1.29 is 18.7 Å². The molecule has 0 aliphatic rings. The second kappa shape index (κ2) is 8.05. The molecule has 2 aromatic heterocycles. The van der Waals surface area contributed by atoms with Crippen LogP contribution < -0.4 is 10.1 Å². The van der Waals surface area contributed by atoms with Crippen molar-refractivity contribution >= 4 is 28.3 Å². The Balaban J connectivity index is 1.65. The minimum absolute atomic E-state index is 0.101. The standard InChI is InChI=1S/C19H19N3O4S/c1-12-17(13-6-8-14(25-3)9-7-13)21-19(27-12)20-16(23)11-22(2)18(24)15-5-4-10-26-15/h4-10H,11H2,1-3H3,(H,20,21,23). The molecule has 1 aromatic carbocycles. The highest BCUT2D eigenvalue weighted by Gasteiger charge is 2.18. The van der Waals surface area contributed by atoms with E-state index in [1.165, 1.54) is 22.5 Å². The van der Waals surface area contributed by atoms with E-state index >= 15 is 0 Å². The molecule has 0 bridgehead atoms. The van der Waals surface area contributed by atoms with Gasteiger partial charge in [-0.1, -0.05) is 0 Å². The molecule has 7 nitrogen and oxygen atoms in total. The predicted octanol–water partition coefficient (Wildman–Crippen LogP) is 3.43. The van der Waals surface area contributed by atoms with Crippen molar-refractivity contribution in [2.24, 2.45) is 0 Å². The topological polar surface area (TPSA) is 84.7 Å². The summed E-state index contributed by atoms with van der Waals surface area (Å²) in [6.45, 7) is 1.84. The van der Waals surface area contributed by atoms with Crippen LogP contribution in [0.1, 0.15) is 15.4 Å². The van der Waals surface area contributed by atoms with Crippen molar-refractivity contribution in [3.05, 3.63) is 53.3 Å². The van der Waals surface area contributed by atoms with Crippen LogP contribution in [0.3, 0.4) is 0 Å². The normalized spacial score (nSPS) is 10.5. The summed E-state index contributed by atoms with van der Waals surface area (Å²) in [6, 6.07) is 10.7. The molecule has 0 unspecified atom stereocenters. The van der Waals surface area contributed by atoms with Crippen LogP contribution in [-0.4, -0.2) is 42.4 Å². The third-order valence-corrected chi connectivity index (χ3v) is 4.75. The maximum Gasteiger partial charge on any atom is 0.289 e. The van der Waals surface area contributed by atoms with E-state index in [2.05, 4.69) is 10.3 Å². The molecule has 140 valence electrons. The van der Waals surface area contributed by atoms with E-state index in [-0.39, 0.29) is 24.1 Å². The first kappa shape index (κ1) is 18.7. The maximum absolute atomic E-state index is 12.3. The monoisotopic (exact) mass is 385 g/mol. The summed E-state index contributed by atoms with van der Waals surface area (Å²) in [5, 5.41) is 3.23. The molecule has 2 heterocycles. The molecule has 0 aliphatic heterocycles. The van der Waals surface area contributed by atoms with E-state index in [1.54, 1.807) is 26.3 Å². The van der Waals surface area contributed by atoms with Crippen molar-refractivity contribution in [2.75, 3.05) is 26.0 Å². The molecule has 0 saturated heterocycles. The van der Waals surface area contributed by atoms with E-state index in [0.29, 0.717) is 5.13 Å². The number of hydrogen-bond donors (Lipinski definition) is 1. The molecule has 27 heavy (non-hydrogen) atoms. The lowest BCUT2D eigenvalue weighted by molar-refractivity contribution is -0.116. The Morgan fingerprint density at radius 2 is 2.00 bits per heavy atom. The Hall–Kier alpha value is -3.13. The van der Waals surface area contributed by atoms with Crippen LogP contribution >= 0.6 is 11.3 Å². The molecular weight excluding hydrogens is 366 g/mol. The fraction of sp³-hybridized carbons (Fsp3) is 0.211. The van der Waals surface area contributed by atoms with E-state index in [9.17, 15) is 9.59 Å². The Labute approximate surface area is 160 Å². The maximum atomic E-state index is 12.3. The molecule has 0 radical (unpaired) electrons. The van der Waals surface area contributed by atoms with Gasteiger partial charge in [-0.3, -0.25) is 9.59 Å². The van der Waals surface area contributed by atoms with Gasteiger partial charge in [-0.15, -0.1) is 11.3 Å². The Kier molecular flexibility index (Phi) is 5.56. The quantitative estimate of drug-likeness (QED) is 0.703. The van der Waals surface area contributed by atoms with Gasteiger partial charge in [0.15, 0.2) is 10.9 Å². The van der Waals surface area contributed by atoms with E-state index in [4.69, 9.17) is 9.15 Å². The Morgan fingerprint density at radius 1 is 1.26 bits per heavy atom. The minimum atomic E-state index is -0.357. The molecule has 8 heteroatoms. The first-order valence-electron chi connectivity index (χ1n) is 8.18. The van der Waals surface area contributed by atoms with Crippen LogP contribution in [0.4, 0.5) is 5.13 Å². The first-order valence-corrected chi connectivity index (χ1v) is 9.00. The van der Waals surface area contributed by atoms with Crippen LogP contribution in [0, 0.1) is 6.92 Å². The number of anilines is 1. The summed E-state index contributed by atoms with van der Waals surface area (Å²) >= 11 is 1.38. The van der Waals surface area contributed by atoms with Gasteiger partial charge in [0.25, 0.3) is 5.91 Å². The number of carbonyl (C=O) groups is 2. The smallest absolute Gasteiger partial charge is 0.289 e. The number of aromatic nitrogens is 1. The number of nitrogens with one attached hydrogen (secondary N) is 1. The Morgan fingerprint density at radius 3 is 2.63 bits per heavy atom. The largest absolute Gasteiger partial charge is 0.497 e. The summed E-state index contributed by atoms with van der Waals surface area (Å²) in [4.78, 5) is 31.1. The van der Waals surface area contributed by atoms with Crippen LogP contribution in [0.25, 0.3) is 11.3 Å². The number of hydrogen-bond acceptors (Lipinski definition) is 6. The second-order valence-corrected chi connectivity index (χ2v) is 7.04. The lowest BCUT2D eigenvalue weighted by Gasteiger charge is -2.14. The summed E-state index contributed by atoms with van der Waals surface area (Å²) < 4.78 is 10.2. The zero-order valence-corrected chi connectivity index (χ0v) is 16.0. The number of amides is 2. The lowest BCUT2D eigenvalue weighted by atomic mass is 10.1. The number of methoxy groups -OCH3 is 1. The summed E-state index contributed by atoms with van der Waals surface area (Å²) in [6.07, 6.45) is 1.42. The molecule has 0 aliphatic carbocycles.